The molecule has 1 fully saturated rings. The highest BCUT2D eigenvalue weighted by Gasteiger charge is 2.13. The highest BCUT2D eigenvalue weighted by molar-refractivity contribution is 5.49. The molecule has 1 aromatic carbocycles. The van der Waals surface area contributed by atoms with Crippen molar-refractivity contribution in [3.63, 3.8) is 0 Å². The van der Waals surface area contributed by atoms with Gasteiger partial charge in [-0.2, -0.15) is 0 Å². The molecule has 20 heavy (non-hydrogen) atoms. The third-order valence-electron chi connectivity index (χ3n) is 4.06. The van der Waals surface area contributed by atoms with E-state index in [9.17, 15) is 4.39 Å². The van der Waals surface area contributed by atoms with Crippen LogP contribution in [-0.4, -0.2) is 31.3 Å². The molecular formula is C16H25FN2O. The van der Waals surface area contributed by atoms with E-state index in [1.54, 1.807) is 11.9 Å². The van der Waals surface area contributed by atoms with Crippen LogP contribution < -0.4 is 10.2 Å². The number of nitrogens with zero attached hydrogens (tertiary/aromatic N) is 1. The van der Waals surface area contributed by atoms with Crippen LogP contribution in [-0.2, 0) is 6.54 Å². The lowest BCUT2D eigenvalue weighted by Crippen LogP contribution is -2.30. The fraction of sp³-hybridized carbons (Fsp3) is 0.625. The smallest absolute Gasteiger partial charge is 0.146 e. The maximum Gasteiger partial charge on any atom is 0.146 e. The van der Waals surface area contributed by atoms with E-state index in [1.807, 2.05) is 12.1 Å². The lowest BCUT2D eigenvalue weighted by atomic mass is 9.95. The molecule has 0 radical (unpaired) electrons. The van der Waals surface area contributed by atoms with Crippen molar-refractivity contribution in [1.82, 2.24) is 5.32 Å². The van der Waals surface area contributed by atoms with Gasteiger partial charge < -0.3 is 15.3 Å². The SMILES string of the molecule is CN(CCO)c1cc(CNC2CCCCC2)ccc1F. The molecule has 1 saturated carbocycles. The third kappa shape index (κ3) is 4.18. The van der Waals surface area contributed by atoms with Crippen LogP contribution in [0.5, 0.6) is 0 Å². The van der Waals surface area contributed by atoms with Gasteiger partial charge in [0.1, 0.15) is 5.82 Å². The van der Waals surface area contributed by atoms with Gasteiger partial charge in [0.15, 0.2) is 0 Å². The molecule has 0 heterocycles. The molecule has 3 nitrogen and oxygen atoms in total. The van der Waals surface area contributed by atoms with E-state index in [0.29, 0.717) is 18.3 Å². The predicted octanol–water partition coefficient (Wildman–Crippen LogP) is 2.68. The zero-order valence-corrected chi connectivity index (χ0v) is 12.2. The Morgan fingerprint density at radius 1 is 1.30 bits per heavy atom. The first-order valence-corrected chi connectivity index (χ1v) is 7.54. The molecule has 2 N–H and O–H groups in total. The topological polar surface area (TPSA) is 35.5 Å². The number of aliphatic hydroxyl groups is 1. The van der Waals surface area contributed by atoms with Crippen molar-refractivity contribution in [3.8, 4) is 0 Å². The Bertz CT molecular complexity index is 419. The van der Waals surface area contributed by atoms with Gasteiger partial charge in [-0.25, -0.2) is 4.39 Å². The molecule has 1 aromatic rings. The van der Waals surface area contributed by atoms with Gasteiger partial charge in [0.05, 0.1) is 12.3 Å². The monoisotopic (exact) mass is 280 g/mol. The minimum Gasteiger partial charge on any atom is -0.395 e. The zero-order chi connectivity index (χ0) is 14.4. The van der Waals surface area contributed by atoms with Gasteiger partial charge >= 0.3 is 0 Å². The highest BCUT2D eigenvalue weighted by Crippen LogP contribution is 2.21. The van der Waals surface area contributed by atoms with Crippen LogP contribution in [0.3, 0.4) is 0 Å². The van der Waals surface area contributed by atoms with Crippen molar-refractivity contribution in [2.75, 3.05) is 25.1 Å². The largest absolute Gasteiger partial charge is 0.395 e. The van der Waals surface area contributed by atoms with Crippen LogP contribution in [0.1, 0.15) is 37.7 Å². The summed E-state index contributed by atoms with van der Waals surface area (Å²) >= 11 is 0. The number of anilines is 1. The number of aliphatic hydroxyl groups excluding tert-OH is 1. The molecule has 0 aliphatic heterocycles. The molecule has 1 aliphatic rings. The van der Waals surface area contributed by atoms with Crippen molar-refractivity contribution in [1.29, 1.82) is 0 Å². The first kappa shape index (κ1) is 15.3. The summed E-state index contributed by atoms with van der Waals surface area (Å²) < 4.78 is 13.8. The molecule has 4 heteroatoms. The van der Waals surface area contributed by atoms with E-state index >= 15 is 0 Å². The van der Waals surface area contributed by atoms with Crippen molar-refractivity contribution in [2.45, 2.75) is 44.7 Å². The summed E-state index contributed by atoms with van der Waals surface area (Å²) in [5, 5.41) is 12.5. The number of halogens is 1. The summed E-state index contributed by atoms with van der Waals surface area (Å²) in [6.45, 7) is 1.25. The molecule has 0 aromatic heterocycles. The van der Waals surface area contributed by atoms with Crippen LogP contribution in [0.25, 0.3) is 0 Å². The van der Waals surface area contributed by atoms with Gasteiger partial charge in [-0.1, -0.05) is 25.3 Å². The number of rotatable bonds is 6. The van der Waals surface area contributed by atoms with E-state index in [4.69, 9.17) is 5.11 Å². The zero-order valence-electron chi connectivity index (χ0n) is 12.2. The minimum atomic E-state index is -0.234. The summed E-state index contributed by atoms with van der Waals surface area (Å²) in [6, 6.07) is 5.83. The summed E-state index contributed by atoms with van der Waals surface area (Å²) in [5.74, 6) is -0.234. The molecule has 0 unspecified atom stereocenters. The maximum atomic E-state index is 13.8. The lowest BCUT2D eigenvalue weighted by molar-refractivity contribution is 0.303. The molecular weight excluding hydrogens is 255 g/mol. The van der Waals surface area contributed by atoms with E-state index in [2.05, 4.69) is 5.32 Å². The van der Waals surface area contributed by atoms with Gasteiger partial charge in [-0.05, 0) is 30.5 Å². The van der Waals surface area contributed by atoms with Gasteiger partial charge in [0.25, 0.3) is 0 Å². The molecule has 2 rings (SSSR count). The Kier molecular flexibility index (Phi) is 5.80. The second-order valence-electron chi connectivity index (χ2n) is 5.65. The molecule has 0 saturated heterocycles. The van der Waals surface area contributed by atoms with E-state index in [0.717, 1.165) is 12.1 Å². The van der Waals surface area contributed by atoms with Gasteiger partial charge in [-0.15, -0.1) is 0 Å². The van der Waals surface area contributed by atoms with E-state index in [-0.39, 0.29) is 12.4 Å². The van der Waals surface area contributed by atoms with Crippen LogP contribution in [0, 0.1) is 5.82 Å². The number of benzene rings is 1. The summed E-state index contributed by atoms with van der Waals surface area (Å²) in [5.41, 5.74) is 1.65. The number of nitrogens with one attached hydrogen (secondary N) is 1. The lowest BCUT2D eigenvalue weighted by Gasteiger charge is -2.23. The summed E-state index contributed by atoms with van der Waals surface area (Å²) in [4.78, 5) is 1.75. The Hall–Kier alpha value is -1.13. The Morgan fingerprint density at radius 3 is 2.75 bits per heavy atom. The van der Waals surface area contributed by atoms with Crippen molar-refractivity contribution < 1.29 is 9.50 Å². The third-order valence-corrected chi connectivity index (χ3v) is 4.06. The molecule has 0 spiro atoms. The normalized spacial score (nSPS) is 16.4. The van der Waals surface area contributed by atoms with E-state index in [1.165, 1.54) is 38.2 Å². The molecule has 0 amide bonds. The summed E-state index contributed by atoms with van der Waals surface area (Å²) in [6.07, 6.45) is 6.47. The second-order valence-corrected chi connectivity index (χ2v) is 5.65. The highest BCUT2D eigenvalue weighted by atomic mass is 19.1. The Morgan fingerprint density at radius 2 is 2.05 bits per heavy atom. The predicted molar refractivity (Wildman–Crippen MR) is 80.5 cm³/mol. The number of hydrogen-bond acceptors (Lipinski definition) is 3. The van der Waals surface area contributed by atoms with Gasteiger partial charge in [-0.3, -0.25) is 0 Å². The molecule has 0 bridgehead atoms. The van der Waals surface area contributed by atoms with Gasteiger partial charge in [0.2, 0.25) is 0 Å². The van der Waals surface area contributed by atoms with Crippen molar-refractivity contribution in [2.24, 2.45) is 0 Å². The van der Waals surface area contributed by atoms with Crippen molar-refractivity contribution >= 4 is 5.69 Å². The first-order chi connectivity index (χ1) is 9.70. The molecule has 1 aliphatic carbocycles. The minimum absolute atomic E-state index is 0.0283. The number of likely N-dealkylation sites (N-methyl/N-ethyl adjacent to an activating group) is 1. The first-order valence-electron chi connectivity index (χ1n) is 7.54. The molecule has 0 atom stereocenters. The van der Waals surface area contributed by atoms with Gasteiger partial charge in [0, 0.05) is 26.2 Å². The fourth-order valence-electron chi connectivity index (χ4n) is 2.80. The number of hydrogen-bond donors (Lipinski definition) is 2. The quantitative estimate of drug-likeness (QED) is 0.841. The average Bonchev–Trinajstić information content (AvgIpc) is 2.47. The second kappa shape index (κ2) is 7.60. The maximum absolute atomic E-state index is 13.8. The fourth-order valence-corrected chi connectivity index (χ4v) is 2.80. The van der Waals surface area contributed by atoms with Crippen LogP contribution in [0.15, 0.2) is 18.2 Å². The summed E-state index contributed by atoms with van der Waals surface area (Å²) in [7, 11) is 1.80. The van der Waals surface area contributed by atoms with E-state index < -0.39 is 0 Å². The van der Waals surface area contributed by atoms with Crippen LogP contribution in [0.2, 0.25) is 0 Å². The average molecular weight is 280 g/mol. The Labute approximate surface area is 120 Å². The Balaban J connectivity index is 1.95. The van der Waals surface area contributed by atoms with Crippen molar-refractivity contribution in [3.05, 3.63) is 29.6 Å². The van der Waals surface area contributed by atoms with Crippen LogP contribution >= 0.6 is 0 Å². The van der Waals surface area contributed by atoms with Crippen LogP contribution in [0.4, 0.5) is 10.1 Å². The standard InChI is InChI=1S/C16H25FN2O/c1-19(9-10-20)16-11-13(7-8-15(16)17)12-18-14-5-3-2-4-6-14/h7-8,11,14,18,20H,2-6,9-10,12H2,1H3. The molecule has 112 valence electrons.